The molecular formula is C13H18O3. The second-order valence-corrected chi connectivity index (χ2v) is 4.52. The second kappa shape index (κ2) is 4.53. The molecule has 0 radical (unpaired) electrons. The van der Waals surface area contributed by atoms with Gasteiger partial charge in [0.25, 0.3) is 0 Å². The minimum absolute atomic E-state index is 0.0672. The van der Waals surface area contributed by atoms with Gasteiger partial charge in [-0.25, -0.2) is 0 Å². The van der Waals surface area contributed by atoms with E-state index in [1.165, 1.54) is 0 Å². The van der Waals surface area contributed by atoms with Crippen molar-refractivity contribution >= 4 is 0 Å². The summed E-state index contributed by atoms with van der Waals surface area (Å²) in [6.45, 7) is 3.92. The Balaban J connectivity index is 2.19. The SMILES string of the molecule is CC1(C)O[C@H](c2ccccc2)[C@@H](CCO)O1. The molecular weight excluding hydrogens is 204 g/mol. The Morgan fingerprint density at radius 1 is 1.19 bits per heavy atom. The van der Waals surface area contributed by atoms with Crippen LogP contribution in [-0.4, -0.2) is 23.6 Å². The van der Waals surface area contributed by atoms with Crippen LogP contribution in [0.5, 0.6) is 0 Å². The van der Waals surface area contributed by atoms with Gasteiger partial charge in [0, 0.05) is 6.61 Å². The molecule has 0 unspecified atom stereocenters. The summed E-state index contributed by atoms with van der Waals surface area (Å²) in [6, 6.07) is 10.0. The standard InChI is InChI=1S/C13H18O3/c1-13(2)15-11(8-9-14)12(16-13)10-6-4-3-5-7-10/h3-7,11-12,14H,8-9H2,1-2H3/t11-,12-/m1/s1. The van der Waals surface area contributed by atoms with Gasteiger partial charge in [-0.2, -0.15) is 0 Å². The molecule has 0 spiro atoms. The predicted octanol–water partition coefficient (Wildman–Crippen LogP) is 2.26. The Morgan fingerprint density at radius 3 is 2.50 bits per heavy atom. The number of hydrogen-bond acceptors (Lipinski definition) is 3. The van der Waals surface area contributed by atoms with Crippen LogP contribution in [0, 0.1) is 0 Å². The monoisotopic (exact) mass is 222 g/mol. The number of aliphatic hydroxyl groups excluding tert-OH is 1. The first-order valence-corrected chi connectivity index (χ1v) is 5.64. The van der Waals surface area contributed by atoms with E-state index in [9.17, 15) is 0 Å². The van der Waals surface area contributed by atoms with Gasteiger partial charge in [0.15, 0.2) is 5.79 Å². The van der Waals surface area contributed by atoms with E-state index in [0.29, 0.717) is 6.42 Å². The summed E-state index contributed by atoms with van der Waals surface area (Å²) in [7, 11) is 0. The van der Waals surface area contributed by atoms with Crippen LogP contribution in [-0.2, 0) is 9.47 Å². The molecule has 1 aromatic rings. The Morgan fingerprint density at radius 2 is 1.88 bits per heavy atom. The fourth-order valence-electron chi connectivity index (χ4n) is 2.10. The molecule has 3 nitrogen and oxygen atoms in total. The summed E-state index contributed by atoms with van der Waals surface area (Å²) in [4.78, 5) is 0. The molecule has 2 atom stereocenters. The molecule has 2 rings (SSSR count). The Bertz CT molecular complexity index is 334. The minimum Gasteiger partial charge on any atom is -0.396 e. The molecule has 3 heteroatoms. The molecule has 0 saturated carbocycles. The van der Waals surface area contributed by atoms with Crippen molar-refractivity contribution in [3.05, 3.63) is 35.9 Å². The highest BCUT2D eigenvalue weighted by molar-refractivity contribution is 5.19. The third-order valence-electron chi connectivity index (χ3n) is 2.73. The van der Waals surface area contributed by atoms with Gasteiger partial charge in [-0.3, -0.25) is 0 Å². The first-order chi connectivity index (χ1) is 7.62. The fourth-order valence-corrected chi connectivity index (χ4v) is 2.10. The van der Waals surface area contributed by atoms with Crippen molar-refractivity contribution in [1.82, 2.24) is 0 Å². The Hall–Kier alpha value is -0.900. The molecule has 0 aromatic heterocycles. The summed E-state index contributed by atoms with van der Waals surface area (Å²) >= 11 is 0. The predicted molar refractivity (Wildman–Crippen MR) is 60.9 cm³/mol. The van der Waals surface area contributed by atoms with Gasteiger partial charge in [-0.15, -0.1) is 0 Å². The summed E-state index contributed by atoms with van der Waals surface area (Å²) in [5.41, 5.74) is 1.10. The lowest BCUT2D eigenvalue weighted by Gasteiger charge is -2.16. The maximum Gasteiger partial charge on any atom is 0.164 e. The van der Waals surface area contributed by atoms with Gasteiger partial charge < -0.3 is 14.6 Å². The average molecular weight is 222 g/mol. The largest absolute Gasteiger partial charge is 0.396 e. The van der Waals surface area contributed by atoms with Crippen molar-refractivity contribution in [2.75, 3.05) is 6.61 Å². The van der Waals surface area contributed by atoms with Crippen molar-refractivity contribution in [3.8, 4) is 0 Å². The van der Waals surface area contributed by atoms with E-state index in [4.69, 9.17) is 14.6 Å². The molecule has 1 fully saturated rings. The van der Waals surface area contributed by atoms with Gasteiger partial charge in [-0.1, -0.05) is 30.3 Å². The smallest absolute Gasteiger partial charge is 0.164 e. The summed E-state index contributed by atoms with van der Waals surface area (Å²) in [5.74, 6) is -0.569. The van der Waals surface area contributed by atoms with Crippen LogP contribution in [0.4, 0.5) is 0 Å². The van der Waals surface area contributed by atoms with Crippen LogP contribution in [0.2, 0.25) is 0 Å². The van der Waals surface area contributed by atoms with Crippen molar-refractivity contribution in [2.24, 2.45) is 0 Å². The zero-order chi connectivity index (χ0) is 11.6. The molecule has 1 aliphatic heterocycles. The lowest BCUT2D eigenvalue weighted by molar-refractivity contribution is -0.147. The molecule has 1 saturated heterocycles. The van der Waals surface area contributed by atoms with E-state index in [1.807, 2.05) is 44.2 Å². The molecule has 1 aromatic carbocycles. The molecule has 0 bridgehead atoms. The molecule has 88 valence electrons. The van der Waals surface area contributed by atoms with Gasteiger partial charge >= 0.3 is 0 Å². The number of benzene rings is 1. The molecule has 16 heavy (non-hydrogen) atoms. The quantitative estimate of drug-likeness (QED) is 0.852. The lowest BCUT2D eigenvalue weighted by atomic mass is 10.0. The third kappa shape index (κ3) is 2.43. The highest BCUT2D eigenvalue weighted by Crippen LogP contribution is 2.39. The number of hydrogen-bond donors (Lipinski definition) is 1. The van der Waals surface area contributed by atoms with E-state index in [1.54, 1.807) is 0 Å². The Kier molecular flexibility index (Phi) is 3.28. The maximum absolute atomic E-state index is 9.03. The van der Waals surface area contributed by atoms with Crippen LogP contribution in [0.15, 0.2) is 30.3 Å². The normalized spacial score (nSPS) is 28.2. The molecule has 1 aliphatic rings. The highest BCUT2D eigenvalue weighted by atomic mass is 16.7. The number of ether oxygens (including phenoxy) is 2. The van der Waals surface area contributed by atoms with E-state index >= 15 is 0 Å². The fraction of sp³-hybridized carbons (Fsp3) is 0.538. The first-order valence-electron chi connectivity index (χ1n) is 5.64. The molecule has 0 aliphatic carbocycles. The van der Waals surface area contributed by atoms with Crippen LogP contribution in [0.1, 0.15) is 31.9 Å². The van der Waals surface area contributed by atoms with E-state index in [2.05, 4.69) is 0 Å². The van der Waals surface area contributed by atoms with Crippen LogP contribution >= 0.6 is 0 Å². The van der Waals surface area contributed by atoms with Gasteiger partial charge in [0.1, 0.15) is 6.10 Å². The maximum atomic E-state index is 9.03. The topological polar surface area (TPSA) is 38.7 Å². The Labute approximate surface area is 96.0 Å². The zero-order valence-electron chi connectivity index (χ0n) is 9.72. The van der Waals surface area contributed by atoms with E-state index in [0.717, 1.165) is 5.56 Å². The minimum atomic E-state index is -0.569. The molecule has 0 amide bonds. The number of rotatable bonds is 3. The van der Waals surface area contributed by atoms with Crippen molar-refractivity contribution in [2.45, 2.75) is 38.3 Å². The van der Waals surface area contributed by atoms with E-state index < -0.39 is 5.79 Å². The summed E-state index contributed by atoms with van der Waals surface area (Å²) in [6.07, 6.45) is 0.453. The highest BCUT2D eigenvalue weighted by Gasteiger charge is 2.41. The van der Waals surface area contributed by atoms with Crippen LogP contribution in [0.25, 0.3) is 0 Å². The van der Waals surface area contributed by atoms with Crippen molar-refractivity contribution in [1.29, 1.82) is 0 Å². The van der Waals surface area contributed by atoms with Gasteiger partial charge in [-0.05, 0) is 25.8 Å². The van der Waals surface area contributed by atoms with Crippen LogP contribution in [0.3, 0.4) is 0 Å². The number of aliphatic hydroxyl groups is 1. The average Bonchev–Trinajstić information content (AvgIpc) is 2.56. The first kappa shape index (κ1) is 11.6. The lowest BCUT2D eigenvalue weighted by Crippen LogP contribution is -2.21. The zero-order valence-corrected chi connectivity index (χ0v) is 9.72. The van der Waals surface area contributed by atoms with Crippen LogP contribution < -0.4 is 0 Å². The summed E-state index contributed by atoms with van der Waals surface area (Å²) < 4.78 is 11.6. The van der Waals surface area contributed by atoms with Crippen molar-refractivity contribution < 1.29 is 14.6 Å². The van der Waals surface area contributed by atoms with Gasteiger partial charge in [0.05, 0.1) is 6.10 Å². The van der Waals surface area contributed by atoms with E-state index in [-0.39, 0.29) is 18.8 Å². The molecule has 1 heterocycles. The third-order valence-corrected chi connectivity index (χ3v) is 2.73. The van der Waals surface area contributed by atoms with Gasteiger partial charge in [0.2, 0.25) is 0 Å². The van der Waals surface area contributed by atoms with Crippen molar-refractivity contribution in [3.63, 3.8) is 0 Å². The second-order valence-electron chi connectivity index (χ2n) is 4.52. The molecule has 1 N–H and O–H groups in total. The summed E-state index contributed by atoms with van der Waals surface area (Å²) in [5, 5.41) is 9.03.